The fourth-order valence-electron chi connectivity index (χ4n) is 1.63. The molecule has 0 aromatic heterocycles. The SMILES string of the molecule is CNCCCCCN(C)CCCN(C)C. The highest BCUT2D eigenvalue weighted by molar-refractivity contribution is 4.54. The summed E-state index contributed by atoms with van der Waals surface area (Å²) in [6, 6.07) is 0. The molecule has 92 valence electrons. The third kappa shape index (κ3) is 11.8. The minimum Gasteiger partial charge on any atom is -0.320 e. The van der Waals surface area contributed by atoms with Crippen LogP contribution in [0.5, 0.6) is 0 Å². The van der Waals surface area contributed by atoms with Crippen molar-refractivity contribution in [3.05, 3.63) is 0 Å². The predicted octanol–water partition coefficient (Wildman–Crippen LogP) is 1.26. The fourth-order valence-corrected chi connectivity index (χ4v) is 1.63. The molecular weight excluding hydrogens is 186 g/mol. The van der Waals surface area contributed by atoms with Crippen LogP contribution < -0.4 is 5.32 Å². The van der Waals surface area contributed by atoms with Crippen LogP contribution in [0.3, 0.4) is 0 Å². The standard InChI is InChI=1S/C12H29N3/c1-13-9-6-5-7-11-15(4)12-8-10-14(2)3/h13H,5-12H2,1-4H3. The molecule has 3 heteroatoms. The molecule has 3 nitrogen and oxygen atoms in total. The zero-order valence-electron chi connectivity index (χ0n) is 11.1. The predicted molar refractivity (Wildman–Crippen MR) is 68.4 cm³/mol. The summed E-state index contributed by atoms with van der Waals surface area (Å²) in [6.45, 7) is 4.83. The van der Waals surface area contributed by atoms with Crippen molar-refractivity contribution < 1.29 is 0 Å². The molecule has 0 heterocycles. The van der Waals surface area contributed by atoms with E-state index in [0.29, 0.717) is 0 Å². The average Bonchev–Trinajstić information content (AvgIpc) is 2.17. The Morgan fingerprint density at radius 3 is 2.07 bits per heavy atom. The lowest BCUT2D eigenvalue weighted by Crippen LogP contribution is -2.24. The van der Waals surface area contributed by atoms with Gasteiger partial charge in [0.15, 0.2) is 0 Å². The van der Waals surface area contributed by atoms with E-state index in [9.17, 15) is 0 Å². The van der Waals surface area contributed by atoms with E-state index < -0.39 is 0 Å². The summed E-state index contributed by atoms with van der Waals surface area (Å²) < 4.78 is 0. The van der Waals surface area contributed by atoms with Crippen LogP contribution in [-0.4, -0.2) is 64.2 Å². The summed E-state index contributed by atoms with van der Waals surface area (Å²) in [5.41, 5.74) is 0. The maximum absolute atomic E-state index is 3.18. The van der Waals surface area contributed by atoms with Gasteiger partial charge in [0.05, 0.1) is 0 Å². The Hall–Kier alpha value is -0.120. The van der Waals surface area contributed by atoms with Crippen molar-refractivity contribution in [2.24, 2.45) is 0 Å². The zero-order chi connectivity index (χ0) is 11.5. The normalized spacial score (nSPS) is 11.6. The average molecular weight is 215 g/mol. The van der Waals surface area contributed by atoms with E-state index in [1.165, 1.54) is 45.3 Å². The van der Waals surface area contributed by atoms with Crippen molar-refractivity contribution in [1.29, 1.82) is 0 Å². The fraction of sp³-hybridized carbons (Fsp3) is 1.00. The Labute approximate surface area is 95.8 Å². The molecule has 0 aliphatic heterocycles. The molecule has 0 rings (SSSR count). The van der Waals surface area contributed by atoms with Gasteiger partial charge in [0.2, 0.25) is 0 Å². The van der Waals surface area contributed by atoms with Gasteiger partial charge in [0, 0.05) is 0 Å². The second-order valence-corrected chi connectivity index (χ2v) is 4.62. The van der Waals surface area contributed by atoms with E-state index in [-0.39, 0.29) is 0 Å². The Morgan fingerprint density at radius 1 is 0.800 bits per heavy atom. The van der Waals surface area contributed by atoms with E-state index >= 15 is 0 Å². The topological polar surface area (TPSA) is 18.5 Å². The number of unbranched alkanes of at least 4 members (excludes halogenated alkanes) is 2. The van der Waals surface area contributed by atoms with Crippen LogP contribution >= 0.6 is 0 Å². The maximum Gasteiger partial charge on any atom is -0.000960 e. The van der Waals surface area contributed by atoms with Gasteiger partial charge in [0.1, 0.15) is 0 Å². The van der Waals surface area contributed by atoms with E-state index in [2.05, 4.69) is 36.3 Å². The molecule has 0 amide bonds. The Kier molecular flexibility index (Phi) is 10.3. The second kappa shape index (κ2) is 10.4. The first-order chi connectivity index (χ1) is 7.16. The molecule has 0 fully saturated rings. The van der Waals surface area contributed by atoms with Gasteiger partial charge in [-0.2, -0.15) is 0 Å². The Bertz CT molecular complexity index is 126. The highest BCUT2D eigenvalue weighted by Gasteiger charge is 1.98. The molecule has 0 radical (unpaired) electrons. The van der Waals surface area contributed by atoms with Crippen LogP contribution in [0.15, 0.2) is 0 Å². The number of nitrogens with one attached hydrogen (secondary N) is 1. The zero-order valence-corrected chi connectivity index (χ0v) is 11.1. The smallest absolute Gasteiger partial charge is 0.000960 e. The summed E-state index contributed by atoms with van der Waals surface area (Å²) >= 11 is 0. The molecule has 15 heavy (non-hydrogen) atoms. The summed E-state index contributed by atoms with van der Waals surface area (Å²) in [6.07, 6.45) is 5.26. The summed E-state index contributed by atoms with van der Waals surface area (Å²) in [4.78, 5) is 4.70. The van der Waals surface area contributed by atoms with Crippen LogP contribution in [0, 0.1) is 0 Å². The molecule has 1 N–H and O–H groups in total. The quantitative estimate of drug-likeness (QED) is 0.554. The van der Waals surface area contributed by atoms with E-state index in [4.69, 9.17) is 0 Å². The van der Waals surface area contributed by atoms with Crippen molar-refractivity contribution in [2.75, 3.05) is 54.4 Å². The molecule has 0 atom stereocenters. The minimum atomic E-state index is 1.16. The highest BCUT2D eigenvalue weighted by atomic mass is 15.1. The van der Waals surface area contributed by atoms with Crippen molar-refractivity contribution in [2.45, 2.75) is 25.7 Å². The van der Waals surface area contributed by atoms with Crippen LogP contribution in [-0.2, 0) is 0 Å². The summed E-state index contributed by atoms with van der Waals surface area (Å²) in [5, 5.41) is 3.18. The number of hydrogen-bond donors (Lipinski definition) is 1. The monoisotopic (exact) mass is 215 g/mol. The Balaban J connectivity index is 3.15. The summed E-state index contributed by atoms with van der Waals surface area (Å²) in [5.74, 6) is 0. The molecule has 0 saturated heterocycles. The van der Waals surface area contributed by atoms with Gasteiger partial charge in [-0.3, -0.25) is 0 Å². The molecule has 0 aliphatic rings. The largest absolute Gasteiger partial charge is 0.320 e. The highest BCUT2D eigenvalue weighted by Crippen LogP contribution is 1.97. The lowest BCUT2D eigenvalue weighted by Gasteiger charge is -2.17. The number of hydrogen-bond acceptors (Lipinski definition) is 3. The van der Waals surface area contributed by atoms with Gasteiger partial charge >= 0.3 is 0 Å². The van der Waals surface area contributed by atoms with Crippen molar-refractivity contribution in [1.82, 2.24) is 15.1 Å². The van der Waals surface area contributed by atoms with Gasteiger partial charge in [-0.15, -0.1) is 0 Å². The third-order valence-corrected chi connectivity index (χ3v) is 2.61. The molecule has 0 unspecified atom stereocenters. The first-order valence-electron chi connectivity index (χ1n) is 6.14. The van der Waals surface area contributed by atoms with Gasteiger partial charge in [-0.1, -0.05) is 6.42 Å². The second-order valence-electron chi connectivity index (χ2n) is 4.62. The third-order valence-electron chi connectivity index (χ3n) is 2.61. The minimum absolute atomic E-state index is 1.16. The van der Waals surface area contributed by atoms with Crippen LogP contribution in [0.4, 0.5) is 0 Å². The van der Waals surface area contributed by atoms with Crippen LogP contribution in [0.2, 0.25) is 0 Å². The van der Waals surface area contributed by atoms with Gasteiger partial charge in [0.25, 0.3) is 0 Å². The molecule has 0 bridgehead atoms. The van der Waals surface area contributed by atoms with Crippen molar-refractivity contribution in [3.8, 4) is 0 Å². The maximum atomic E-state index is 3.18. The van der Waals surface area contributed by atoms with Gasteiger partial charge < -0.3 is 15.1 Å². The molecule has 0 spiro atoms. The van der Waals surface area contributed by atoms with E-state index in [1.54, 1.807) is 0 Å². The van der Waals surface area contributed by atoms with E-state index in [0.717, 1.165) is 6.54 Å². The van der Waals surface area contributed by atoms with Crippen molar-refractivity contribution in [3.63, 3.8) is 0 Å². The molecule has 0 aromatic carbocycles. The van der Waals surface area contributed by atoms with Crippen LogP contribution in [0.1, 0.15) is 25.7 Å². The van der Waals surface area contributed by atoms with E-state index in [1.807, 2.05) is 7.05 Å². The van der Waals surface area contributed by atoms with Crippen LogP contribution in [0.25, 0.3) is 0 Å². The van der Waals surface area contributed by atoms with Gasteiger partial charge in [-0.25, -0.2) is 0 Å². The molecule has 0 aromatic rings. The molecule has 0 saturated carbocycles. The first-order valence-corrected chi connectivity index (χ1v) is 6.14. The van der Waals surface area contributed by atoms with Gasteiger partial charge in [-0.05, 0) is 73.6 Å². The summed E-state index contributed by atoms with van der Waals surface area (Å²) in [7, 11) is 8.52. The Morgan fingerprint density at radius 2 is 1.47 bits per heavy atom. The molecular formula is C12H29N3. The number of rotatable bonds is 10. The first kappa shape index (κ1) is 14.9. The lowest BCUT2D eigenvalue weighted by atomic mass is 10.2. The molecule has 0 aliphatic carbocycles. The number of nitrogens with zero attached hydrogens (tertiary/aromatic N) is 2. The van der Waals surface area contributed by atoms with Crippen molar-refractivity contribution >= 4 is 0 Å². The lowest BCUT2D eigenvalue weighted by molar-refractivity contribution is 0.294.